The maximum absolute atomic E-state index is 9.98. The first kappa shape index (κ1) is 22.5. The number of benzene rings is 1. The summed E-state index contributed by atoms with van der Waals surface area (Å²) in [5, 5.41) is 17.7. The molecule has 0 saturated heterocycles. The summed E-state index contributed by atoms with van der Waals surface area (Å²) in [6.07, 6.45) is 4.56. The van der Waals surface area contributed by atoms with Gasteiger partial charge in [0.15, 0.2) is 5.96 Å². The molecule has 0 aliphatic rings. The second kappa shape index (κ2) is 11.9. The number of hydrogen-bond acceptors (Lipinski definition) is 5. The van der Waals surface area contributed by atoms with E-state index in [0.29, 0.717) is 18.7 Å². The lowest BCUT2D eigenvalue weighted by Gasteiger charge is -2.12. The number of ether oxygens (including phenoxy) is 1. The van der Waals surface area contributed by atoms with Crippen LogP contribution in [-0.2, 0) is 19.3 Å². The molecule has 0 aliphatic carbocycles. The molecule has 0 unspecified atom stereocenters. The zero-order valence-electron chi connectivity index (χ0n) is 15.4. The molecule has 0 spiro atoms. The first-order chi connectivity index (χ1) is 12.2. The van der Waals surface area contributed by atoms with Crippen LogP contribution >= 0.6 is 35.3 Å². The molecule has 1 aromatic carbocycles. The lowest BCUT2D eigenvalue weighted by molar-refractivity contribution is 0.406. The van der Waals surface area contributed by atoms with Crippen LogP contribution in [0, 0.1) is 0 Å². The van der Waals surface area contributed by atoms with Gasteiger partial charge >= 0.3 is 0 Å². The highest BCUT2D eigenvalue weighted by molar-refractivity contribution is 14.0. The van der Waals surface area contributed by atoms with Crippen LogP contribution in [0.3, 0.4) is 0 Å². The zero-order valence-corrected chi connectivity index (χ0v) is 18.6. The van der Waals surface area contributed by atoms with Gasteiger partial charge in [-0.05, 0) is 24.5 Å². The van der Waals surface area contributed by atoms with Crippen LogP contribution in [0.15, 0.2) is 29.4 Å². The van der Waals surface area contributed by atoms with Crippen molar-refractivity contribution in [1.82, 2.24) is 15.6 Å². The number of aromatic hydroxyl groups is 1. The minimum absolute atomic E-state index is 0. The molecular formula is C18H27IN4O2S. The normalized spacial score (nSPS) is 11.0. The molecule has 144 valence electrons. The number of nitrogens with one attached hydrogen (secondary N) is 2. The van der Waals surface area contributed by atoms with Gasteiger partial charge in [0.25, 0.3) is 0 Å². The van der Waals surface area contributed by atoms with E-state index in [1.54, 1.807) is 31.6 Å². The average Bonchev–Trinajstić information content (AvgIpc) is 3.09. The third-order valence-electron chi connectivity index (χ3n) is 3.78. The summed E-state index contributed by atoms with van der Waals surface area (Å²) in [7, 11) is 3.33. The quantitative estimate of drug-likeness (QED) is 0.301. The Morgan fingerprint density at radius 1 is 1.27 bits per heavy atom. The molecule has 8 heteroatoms. The number of aliphatic imine (C=N–C) groups is 1. The molecule has 0 fully saturated rings. The van der Waals surface area contributed by atoms with Crippen molar-refractivity contribution in [3.63, 3.8) is 0 Å². The van der Waals surface area contributed by atoms with E-state index in [9.17, 15) is 5.11 Å². The van der Waals surface area contributed by atoms with Crippen molar-refractivity contribution in [2.24, 2.45) is 4.99 Å². The van der Waals surface area contributed by atoms with Gasteiger partial charge in [0.05, 0.1) is 12.1 Å². The molecule has 0 amide bonds. The van der Waals surface area contributed by atoms with Gasteiger partial charge in [0.2, 0.25) is 0 Å². The maximum atomic E-state index is 9.98. The van der Waals surface area contributed by atoms with E-state index in [4.69, 9.17) is 4.74 Å². The molecule has 0 radical (unpaired) electrons. The summed E-state index contributed by atoms with van der Waals surface area (Å²) in [6, 6.07) is 5.35. The van der Waals surface area contributed by atoms with Gasteiger partial charge < -0.3 is 20.5 Å². The van der Waals surface area contributed by atoms with E-state index in [0.717, 1.165) is 35.9 Å². The third kappa shape index (κ3) is 6.99. The molecule has 2 aromatic rings. The van der Waals surface area contributed by atoms with Crippen molar-refractivity contribution in [2.75, 3.05) is 27.2 Å². The average molecular weight is 490 g/mol. The monoisotopic (exact) mass is 490 g/mol. The molecule has 1 heterocycles. The summed E-state index contributed by atoms with van der Waals surface area (Å²) in [5.41, 5.74) is 0.874. The summed E-state index contributed by atoms with van der Waals surface area (Å²) in [5.74, 6) is 1.65. The second-order valence-electron chi connectivity index (χ2n) is 5.49. The maximum Gasteiger partial charge on any atom is 0.191 e. The van der Waals surface area contributed by atoms with Gasteiger partial charge in [0.1, 0.15) is 11.5 Å². The molecule has 26 heavy (non-hydrogen) atoms. The number of aryl methyl sites for hydroxylation is 1. The molecule has 0 aliphatic heterocycles. The van der Waals surface area contributed by atoms with Crippen LogP contribution in [0.4, 0.5) is 0 Å². The van der Waals surface area contributed by atoms with Crippen LogP contribution in [-0.4, -0.2) is 43.3 Å². The summed E-state index contributed by atoms with van der Waals surface area (Å²) >= 11 is 1.76. The highest BCUT2D eigenvalue weighted by Crippen LogP contribution is 2.23. The topological polar surface area (TPSA) is 78.8 Å². The van der Waals surface area contributed by atoms with Gasteiger partial charge in [-0.1, -0.05) is 13.0 Å². The number of methoxy groups -OCH3 is 1. The van der Waals surface area contributed by atoms with Crippen molar-refractivity contribution in [3.8, 4) is 11.5 Å². The number of guanidine groups is 1. The van der Waals surface area contributed by atoms with Crippen LogP contribution in [0.2, 0.25) is 0 Å². The van der Waals surface area contributed by atoms with Gasteiger partial charge in [-0.25, -0.2) is 4.98 Å². The summed E-state index contributed by atoms with van der Waals surface area (Å²) < 4.78 is 5.09. The molecule has 0 atom stereocenters. The Kier molecular flexibility index (Phi) is 10.3. The van der Waals surface area contributed by atoms with Crippen LogP contribution in [0.1, 0.15) is 22.4 Å². The molecule has 0 bridgehead atoms. The van der Waals surface area contributed by atoms with Gasteiger partial charge in [-0.2, -0.15) is 0 Å². The number of nitrogens with zero attached hydrogens (tertiary/aromatic N) is 2. The number of hydrogen-bond donors (Lipinski definition) is 3. The lowest BCUT2D eigenvalue weighted by Crippen LogP contribution is -2.39. The van der Waals surface area contributed by atoms with Crippen LogP contribution < -0.4 is 15.4 Å². The SMILES string of the molecule is CCc1cnc(CCNC(=NC)NCCc2ccc(OC)cc2O)s1.I. The largest absolute Gasteiger partial charge is 0.508 e. The van der Waals surface area contributed by atoms with E-state index < -0.39 is 0 Å². The Labute approximate surface area is 176 Å². The van der Waals surface area contributed by atoms with Crippen molar-refractivity contribution in [3.05, 3.63) is 39.8 Å². The molecule has 1 aromatic heterocycles. The van der Waals surface area contributed by atoms with Crippen molar-refractivity contribution in [2.45, 2.75) is 26.2 Å². The van der Waals surface area contributed by atoms with Crippen molar-refractivity contribution in [1.29, 1.82) is 0 Å². The molecule has 3 N–H and O–H groups in total. The number of rotatable bonds is 8. The Bertz CT molecular complexity index is 706. The van der Waals surface area contributed by atoms with Gasteiger partial charge in [-0.3, -0.25) is 4.99 Å². The Balaban J connectivity index is 0.00000338. The number of phenols is 1. The second-order valence-corrected chi connectivity index (χ2v) is 6.69. The van der Waals surface area contributed by atoms with E-state index in [2.05, 4.69) is 27.5 Å². The fraction of sp³-hybridized carbons (Fsp3) is 0.444. The van der Waals surface area contributed by atoms with E-state index >= 15 is 0 Å². The van der Waals surface area contributed by atoms with Crippen molar-refractivity contribution >= 4 is 41.3 Å². The minimum atomic E-state index is 0. The molecular weight excluding hydrogens is 463 g/mol. The van der Waals surface area contributed by atoms with Crippen LogP contribution in [0.5, 0.6) is 11.5 Å². The Morgan fingerprint density at radius 3 is 2.58 bits per heavy atom. The molecule has 6 nitrogen and oxygen atoms in total. The van der Waals surface area contributed by atoms with Gasteiger partial charge in [0, 0.05) is 43.7 Å². The molecule has 2 rings (SSSR count). The number of thiazole rings is 1. The highest BCUT2D eigenvalue weighted by Gasteiger charge is 2.05. The number of aromatic nitrogens is 1. The highest BCUT2D eigenvalue weighted by atomic mass is 127. The van der Waals surface area contributed by atoms with Crippen LogP contribution in [0.25, 0.3) is 0 Å². The lowest BCUT2D eigenvalue weighted by atomic mass is 10.1. The van der Waals surface area contributed by atoms with E-state index in [1.807, 2.05) is 18.3 Å². The zero-order chi connectivity index (χ0) is 18.1. The fourth-order valence-corrected chi connectivity index (χ4v) is 3.20. The first-order valence-corrected chi connectivity index (χ1v) is 9.21. The predicted molar refractivity (Wildman–Crippen MR) is 118 cm³/mol. The predicted octanol–water partition coefficient (Wildman–Crippen LogP) is 2.99. The van der Waals surface area contributed by atoms with Gasteiger partial charge in [-0.15, -0.1) is 35.3 Å². The minimum Gasteiger partial charge on any atom is -0.508 e. The molecule has 0 saturated carbocycles. The first-order valence-electron chi connectivity index (χ1n) is 8.40. The Hall–Kier alpha value is -1.55. The number of phenolic OH excluding ortho intramolecular Hbond substituents is 1. The summed E-state index contributed by atoms with van der Waals surface area (Å²) in [4.78, 5) is 9.95. The van der Waals surface area contributed by atoms with E-state index in [-0.39, 0.29) is 29.7 Å². The fourth-order valence-electron chi connectivity index (χ4n) is 2.33. The third-order valence-corrected chi connectivity index (χ3v) is 4.99. The summed E-state index contributed by atoms with van der Waals surface area (Å²) in [6.45, 7) is 3.60. The smallest absolute Gasteiger partial charge is 0.191 e. The van der Waals surface area contributed by atoms with E-state index in [1.165, 1.54) is 4.88 Å². The van der Waals surface area contributed by atoms with Crippen molar-refractivity contribution < 1.29 is 9.84 Å². The Morgan fingerprint density at radius 2 is 2.00 bits per heavy atom. The standard InChI is InChI=1S/C18H26N4O2S.HI/c1-4-15-12-22-17(25-15)8-10-21-18(19-2)20-9-7-13-5-6-14(24-3)11-16(13)23;/h5-6,11-12,23H,4,7-10H2,1-3H3,(H2,19,20,21);1H. The number of halogens is 1.